The second-order valence-electron chi connectivity index (χ2n) is 9.51. The Balaban J connectivity index is 1.96. The minimum Gasteiger partial charge on any atom is -0.394 e. The molecule has 1 fully saturated rings. The van der Waals surface area contributed by atoms with Crippen LogP contribution in [0.4, 0.5) is 10.6 Å². The van der Waals surface area contributed by atoms with Crippen LogP contribution in [0.1, 0.15) is 24.6 Å². The van der Waals surface area contributed by atoms with Crippen molar-refractivity contribution >= 4 is 25.3 Å². The third-order valence-corrected chi connectivity index (χ3v) is 6.71. The minimum absolute atomic E-state index is 0.0386. The third kappa shape index (κ3) is 7.60. The molecule has 0 saturated carbocycles. The Morgan fingerprint density at radius 1 is 1.36 bits per heavy atom. The predicted octanol–water partition coefficient (Wildman–Crippen LogP) is 2.00. The number of anilines is 1. The number of hydrazine groups is 1. The molecule has 3 rings (SSSR count). The Hall–Kier alpha value is -3.38. The quantitative estimate of drug-likeness (QED) is 0.197. The van der Waals surface area contributed by atoms with E-state index in [-0.39, 0.29) is 24.7 Å². The summed E-state index contributed by atoms with van der Waals surface area (Å²) in [5.74, 6) is 0.593. The van der Waals surface area contributed by atoms with E-state index in [1.807, 2.05) is 63.2 Å². The van der Waals surface area contributed by atoms with Crippen molar-refractivity contribution in [3.05, 3.63) is 71.6 Å². The molecule has 2 aromatic rings. The number of nitrogens with one attached hydrogen (secondary N) is 4. The van der Waals surface area contributed by atoms with E-state index in [1.165, 1.54) is 0 Å². The number of carbonyl (C=O) groups excluding carboxylic acids is 1. The zero-order chi connectivity index (χ0) is 28.4. The number of carbonyl (C=O) groups is 1. The highest BCUT2D eigenvalue weighted by molar-refractivity contribution is 6.09. The number of ether oxygens (including phenoxy) is 1. The van der Waals surface area contributed by atoms with Gasteiger partial charge in [-0.3, -0.25) is 5.32 Å². The Labute approximate surface area is 232 Å². The highest BCUT2D eigenvalue weighted by Gasteiger charge is 2.28. The standard InChI is InChI=1S/C28H42BN7O3/c1-6-10-21(15-24-20(3)35(4)33-25(24)18-37)26-19(2)27(36(34-26)23-11-8-7-9-12-23)32-28(38)31-22(16-29)17-30-13-14-39-5/h7-12,15,22,25,30,33,37H,3,6,13-14,16-18,29H2,1-2,4-5H3,(H2,31,32,38)/b21-10+,24-15+/t22-,25?/m0/s1. The van der Waals surface area contributed by atoms with E-state index in [0.717, 1.165) is 53.1 Å². The second-order valence-corrected chi connectivity index (χ2v) is 9.51. The van der Waals surface area contributed by atoms with Crippen LogP contribution in [0, 0.1) is 6.92 Å². The number of nitrogens with zero attached hydrogens (tertiary/aromatic N) is 3. The van der Waals surface area contributed by atoms with Crippen LogP contribution in [0.5, 0.6) is 0 Å². The number of urea groups is 1. The van der Waals surface area contributed by atoms with Gasteiger partial charge in [-0.25, -0.2) is 14.9 Å². The lowest BCUT2D eigenvalue weighted by Gasteiger charge is -2.19. The van der Waals surface area contributed by atoms with Gasteiger partial charge < -0.3 is 25.5 Å². The van der Waals surface area contributed by atoms with Crippen molar-refractivity contribution in [1.29, 1.82) is 0 Å². The molecule has 5 N–H and O–H groups in total. The second kappa shape index (κ2) is 14.7. The van der Waals surface area contributed by atoms with Crippen molar-refractivity contribution in [3.8, 4) is 5.69 Å². The van der Waals surface area contributed by atoms with Crippen LogP contribution in [0.15, 0.2) is 60.3 Å². The molecule has 2 amide bonds. The predicted molar refractivity (Wildman–Crippen MR) is 160 cm³/mol. The van der Waals surface area contributed by atoms with Crippen molar-refractivity contribution in [2.24, 2.45) is 0 Å². The van der Waals surface area contributed by atoms with Crippen LogP contribution >= 0.6 is 0 Å². The average molecular weight is 536 g/mol. The summed E-state index contributed by atoms with van der Waals surface area (Å²) >= 11 is 0. The van der Waals surface area contributed by atoms with Crippen LogP contribution in [0.2, 0.25) is 6.32 Å². The Kier molecular flexibility index (Phi) is 11.4. The van der Waals surface area contributed by atoms with E-state index in [9.17, 15) is 9.90 Å². The van der Waals surface area contributed by atoms with Crippen molar-refractivity contribution < 1.29 is 14.6 Å². The third-order valence-electron chi connectivity index (χ3n) is 6.71. The van der Waals surface area contributed by atoms with Crippen LogP contribution in [-0.4, -0.2) is 86.3 Å². The molecule has 10 nitrogen and oxygen atoms in total. The summed E-state index contributed by atoms with van der Waals surface area (Å²) in [5, 5.41) is 26.2. The van der Waals surface area contributed by atoms with Gasteiger partial charge in [0.25, 0.3) is 0 Å². The number of methoxy groups -OCH3 is 1. The first kappa shape index (κ1) is 30.2. The summed E-state index contributed by atoms with van der Waals surface area (Å²) in [5.41, 5.74) is 8.21. The number of likely N-dealkylation sites (N-methyl/N-ethyl adjacent to an activating group) is 1. The lowest BCUT2D eigenvalue weighted by Crippen LogP contribution is -2.44. The fraction of sp³-hybridized carbons (Fsp3) is 0.429. The van der Waals surface area contributed by atoms with E-state index >= 15 is 0 Å². The summed E-state index contributed by atoms with van der Waals surface area (Å²) < 4.78 is 6.85. The van der Waals surface area contributed by atoms with Crippen molar-refractivity contribution in [2.45, 2.75) is 38.7 Å². The zero-order valence-corrected chi connectivity index (χ0v) is 23.8. The number of amides is 2. The normalized spacial score (nSPS) is 17.6. The molecule has 0 aliphatic carbocycles. The summed E-state index contributed by atoms with van der Waals surface area (Å²) in [4.78, 5) is 13.2. The Morgan fingerprint density at radius 3 is 2.74 bits per heavy atom. The van der Waals surface area contributed by atoms with E-state index in [0.29, 0.717) is 19.0 Å². The van der Waals surface area contributed by atoms with Crippen molar-refractivity contribution in [1.82, 2.24) is 30.8 Å². The molecular weight excluding hydrogens is 493 g/mol. The zero-order valence-electron chi connectivity index (χ0n) is 23.8. The fourth-order valence-electron chi connectivity index (χ4n) is 4.46. The molecular formula is C28H42BN7O3. The molecule has 2 atom stereocenters. The van der Waals surface area contributed by atoms with E-state index in [2.05, 4.69) is 41.0 Å². The number of allylic oxidation sites excluding steroid dienone is 3. The molecule has 39 heavy (non-hydrogen) atoms. The molecule has 2 heterocycles. The van der Waals surface area contributed by atoms with Gasteiger partial charge in [-0.1, -0.05) is 44.1 Å². The van der Waals surface area contributed by atoms with Gasteiger partial charge in [0.2, 0.25) is 0 Å². The maximum Gasteiger partial charge on any atom is 0.320 e. The van der Waals surface area contributed by atoms with Crippen LogP contribution < -0.4 is 21.4 Å². The van der Waals surface area contributed by atoms with Gasteiger partial charge in [-0.2, -0.15) is 5.10 Å². The SMILES string of the molecule is BC[C@@H](CNCCOC)NC(=O)Nc1c(C)c(C(/C=C2\C(=C)N(C)NC2CO)=C/CC)nn1-c1ccccc1. The monoisotopic (exact) mass is 535 g/mol. The molecule has 1 unspecified atom stereocenters. The number of aliphatic hydroxyl groups is 1. The van der Waals surface area contributed by atoms with Crippen LogP contribution in [0.25, 0.3) is 11.3 Å². The number of hydrogen-bond acceptors (Lipinski definition) is 7. The first-order valence-corrected chi connectivity index (χ1v) is 13.5. The lowest BCUT2D eigenvalue weighted by molar-refractivity contribution is 0.198. The van der Waals surface area contributed by atoms with Crippen molar-refractivity contribution in [2.75, 3.05) is 45.8 Å². The Morgan fingerprint density at radius 2 is 2.10 bits per heavy atom. The average Bonchev–Trinajstić information content (AvgIpc) is 3.40. The summed E-state index contributed by atoms with van der Waals surface area (Å²) in [6, 6.07) is 9.14. The first-order chi connectivity index (χ1) is 18.8. The molecule has 1 aromatic heterocycles. The molecule has 1 aliphatic heterocycles. The smallest absolute Gasteiger partial charge is 0.320 e. The number of aliphatic hydroxyl groups excluding tert-OH is 1. The van der Waals surface area contributed by atoms with Gasteiger partial charge >= 0.3 is 6.03 Å². The highest BCUT2D eigenvalue weighted by Crippen LogP contribution is 2.32. The minimum atomic E-state index is -0.295. The Bertz CT molecular complexity index is 1180. The fourth-order valence-corrected chi connectivity index (χ4v) is 4.46. The molecule has 11 heteroatoms. The number of para-hydroxylation sites is 1. The van der Waals surface area contributed by atoms with Gasteiger partial charge in [0.05, 0.1) is 30.6 Å². The molecule has 0 radical (unpaired) electrons. The molecule has 0 spiro atoms. The van der Waals surface area contributed by atoms with Crippen LogP contribution in [-0.2, 0) is 4.74 Å². The van der Waals surface area contributed by atoms with Gasteiger partial charge in [0.1, 0.15) is 13.7 Å². The largest absolute Gasteiger partial charge is 0.394 e. The molecule has 210 valence electrons. The van der Waals surface area contributed by atoms with Crippen molar-refractivity contribution in [3.63, 3.8) is 0 Å². The van der Waals surface area contributed by atoms with Gasteiger partial charge in [-0.15, -0.1) is 0 Å². The first-order valence-electron chi connectivity index (χ1n) is 13.5. The topological polar surface area (TPSA) is 116 Å². The maximum absolute atomic E-state index is 13.2. The summed E-state index contributed by atoms with van der Waals surface area (Å²) in [6.07, 6.45) is 5.69. The molecule has 1 aliphatic rings. The number of benzene rings is 1. The number of hydrogen-bond donors (Lipinski definition) is 5. The molecule has 1 saturated heterocycles. The molecule has 0 bridgehead atoms. The highest BCUT2D eigenvalue weighted by atomic mass is 16.5. The lowest BCUT2D eigenvalue weighted by atomic mass is 9.97. The number of rotatable bonds is 13. The van der Waals surface area contributed by atoms with Gasteiger partial charge in [0, 0.05) is 44.5 Å². The van der Waals surface area contributed by atoms with Gasteiger partial charge in [0.15, 0.2) is 0 Å². The van der Waals surface area contributed by atoms with E-state index in [4.69, 9.17) is 9.84 Å². The van der Waals surface area contributed by atoms with Gasteiger partial charge in [-0.05, 0) is 42.7 Å². The summed E-state index contributed by atoms with van der Waals surface area (Å²) in [7, 11) is 5.58. The van der Waals surface area contributed by atoms with Crippen LogP contribution in [0.3, 0.4) is 0 Å². The maximum atomic E-state index is 13.2. The summed E-state index contributed by atoms with van der Waals surface area (Å²) in [6.45, 7) is 10.1. The molecule has 1 aromatic carbocycles. The van der Waals surface area contributed by atoms with E-state index in [1.54, 1.807) is 11.8 Å². The van der Waals surface area contributed by atoms with E-state index < -0.39 is 0 Å². The number of aromatic nitrogens is 2.